The molecule has 0 saturated carbocycles. The second kappa shape index (κ2) is 11.9. The lowest BCUT2D eigenvalue weighted by atomic mass is 10.4. The molecular formula is C16H32IN5O. The summed E-state index contributed by atoms with van der Waals surface area (Å²) >= 11 is 0. The van der Waals surface area contributed by atoms with Crippen molar-refractivity contribution in [3.63, 3.8) is 0 Å². The first-order chi connectivity index (χ1) is 10.8. The van der Waals surface area contributed by atoms with Gasteiger partial charge >= 0.3 is 0 Å². The Labute approximate surface area is 157 Å². The number of aliphatic imine (C=N–C) groups is 1. The minimum absolute atomic E-state index is 0. The largest absolute Gasteiger partial charge is 0.357 e. The van der Waals surface area contributed by atoms with E-state index in [-0.39, 0.29) is 36.4 Å². The molecule has 0 atom stereocenters. The van der Waals surface area contributed by atoms with Crippen LogP contribution in [0.3, 0.4) is 0 Å². The molecule has 2 N–H and O–H groups in total. The zero-order chi connectivity index (χ0) is 15.6. The Morgan fingerprint density at radius 3 is 2.35 bits per heavy atom. The molecule has 2 saturated heterocycles. The number of guanidine groups is 1. The van der Waals surface area contributed by atoms with Crippen LogP contribution in [-0.4, -0.2) is 74.0 Å². The molecule has 0 bridgehead atoms. The molecule has 0 aromatic carbocycles. The summed E-state index contributed by atoms with van der Waals surface area (Å²) in [6.45, 7) is 9.46. The third-order valence-corrected chi connectivity index (χ3v) is 4.32. The third-order valence-electron chi connectivity index (χ3n) is 4.32. The fourth-order valence-corrected chi connectivity index (χ4v) is 3.07. The smallest absolute Gasteiger partial charge is 0.244 e. The maximum atomic E-state index is 12.0. The molecule has 0 aromatic rings. The average molecular weight is 437 g/mol. The Morgan fingerprint density at radius 1 is 1.04 bits per heavy atom. The fraction of sp³-hybridized carbons (Fsp3) is 0.875. The molecule has 2 aliphatic rings. The lowest BCUT2D eigenvalue weighted by Gasteiger charge is -2.16. The summed E-state index contributed by atoms with van der Waals surface area (Å²) in [4.78, 5) is 20.9. The lowest BCUT2D eigenvalue weighted by Crippen LogP contribution is -2.40. The number of hydrogen-bond donors (Lipinski definition) is 2. The molecule has 0 aliphatic carbocycles. The van der Waals surface area contributed by atoms with Crippen LogP contribution < -0.4 is 10.6 Å². The third kappa shape index (κ3) is 7.69. The summed E-state index contributed by atoms with van der Waals surface area (Å²) in [6.07, 6.45) is 6.06. The SMILES string of the molecule is CCNC(=NCC(=O)N1CCCC1)NCCCN1CCCC1.I. The lowest BCUT2D eigenvalue weighted by molar-refractivity contribution is -0.128. The number of likely N-dealkylation sites (tertiary alicyclic amines) is 2. The first kappa shape index (κ1) is 20.5. The van der Waals surface area contributed by atoms with Crippen LogP contribution >= 0.6 is 24.0 Å². The zero-order valence-corrected chi connectivity index (χ0v) is 16.7. The number of hydrogen-bond acceptors (Lipinski definition) is 3. The zero-order valence-electron chi connectivity index (χ0n) is 14.4. The maximum Gasteiger partial charge on any atom is 0.244 e. The number of nitrogens with zero attached hydrogens (tertiary/aromatic N) is 3. The Bertz CT molecular complexity index is 365. The van der Waals surface area contributed by atoms with Crippen LogP contribution in [0.1, 0.15) is 39.0 Å². The summed E-state index contributed by atoms with van der Waals surface area (Å²) in [5.41, 5.74) is 0. The van der Waals surface area contributed by atoms with E-state index >= 15 is 0 Å². The monoisotopic (exact) mass is 437 g/mol. The normalized spacial score (nSPS) is 18.8. The molecule has 6 nitrogen and oxygen atoms in total. The topological polar surface area (TPSA) is 60.0 Å². The standard InChI is InChI=1S/C16H31N5O.HI/c1-2-17-16(18-8-7-11-20-9-3-4-10-20)19-14-15(22)21-12-5-6-13-21;/h2-14H2,1H3,(H2,17,18,19);1H. The summed E-state index contributed by atoms with van der Waals surface area (Å²) in [6, 6.07) is 0. The summed E-state index contributed by atoms with van der Waals surface area (Å²) < 4.78 is 0. The number of amides is 1. The van der Waals surface area contributed by atoms with E-state index in [4.69, 9.17) is 0 Å². The van der Waals surface area contributed by atoms with E-state index in [1.807, 2.05) is 11.8 Å². The van der Waals surface area contributed by atoms with E-state index in [1.165, 1.54) is 25.9 Å². The van der Waals surface area contributed by atoms with Crippen LogP contribution in [0.4, 0.5) is 0 Å². The number of nitrogens with one attached hydrogen (secondary N) is 2. The van der Waals surface area contributed by atoms with E-state index in [0.717, 1.165) is 57.9 Å². The number of carbonyl (C=O) groups excluding carboxylic acids is 1. The van der Waals surface area contributed by atoms with Gasteiger partial charge in [-0.05, 0) is 58.7 Å². The van der Waals surface area contributed by atoms with Gasteiger partial charge < -0.3 is 20.4 Å². The van der Waals surface area contributed by atoms with Crippen molar-refractivity contribution >= 4 is 35.8 Å². The highest BCUT2D eigenvalue weighted by atomic mass is 127. The average Bonchev–Trinajstić information content (AvgIpc) is 3.21. The van der Waals surface area contributed by atoms with Gasteiger partial charge in [0.15, 0.2) is 5.96 Å². The van der Waals surface area contributed by atoms with E-state index < -0.39 is 0 Å². The molecule has 0 radical (unpaired) electrons. The highest BCUT2D eigenvalue weighted by molar-refractivity contribution is 14.0. The molecule has 23 heavy (non-hydrogen) atoms. The van der Waals surface area contributed by atoms with Gasteiger partial charge in [0, 0.05) is 26.2 Å². The molecular weight excluding hydrogens is 405 g/mol. The number of halogens is 1. The van der Waals surface area contributed by atoms with Crippen LogP contribution in [0.25, 0.3) is 0 Å². The molecule has 2 heterocycles. The van der Waals surface area contributed by atoms with E-state index in [1.54, 1.807) is 0 Å². The predicted molar refractivity (Wildman–Crippen MR) is 106 cm³/mol. The molecule has 0 unspecified atom stereocenters. The van der Waals surface area contributed by atoms with Crippen LogP contribution in [0, 0.1) is 0 Å². The first-order valence-electron chi connectivity index (χ1n) is 8.82. The Kier molecular flexibility index (Phi) is 10.6. The van der Waals surface area contributed by atoms with Gasteiger partial charge in [0.05, 0.1) is 0 Å². The van der Waals surface area contributed by atoms with E-state index in [2.05, 4.69) is 20.5 Å². The van der Waals surface area contributed by atoms with Crippen molar-refractivity contribution in [1.29, 1.82) is 0 Å². The van der Waals surface area contributed by atoms with E-state index in [0.29, 0.717) is 0 Å². The molecule has 1 amide bonds. The second-order valence-electron chi connectivity index (χ2n) is 6.11. The van der Waals surface area contributed by atoms with Crippen molar-refractivity contribution in [2.24, 2.45) is 4.99 Å². The van der Waals surface area contributed by atoms with Crippen molar-refractivity contribution < 1.29 is 4.79 Å². The van der Waals surface area contributed by atoms with Crippen LogP contribution in [0.2, 0.25) is 0 Å². The fourth-order valence-electron chi connectivity index (χ4n) is 3.07. The second-order valence-corrected chi connectivity index (χ2v) is 6.11. The number of carbonyl (C=O) groups is 1. The van der Waals surface area contributed by atoms with Crippen molar-refractivity contribution in [1.82, 2.24) is 20.4 Å². The molecule has 2 aliphatic heterocycles. The predicted octanol–water partition coefficient (Wildman–Crippen LogP) is 1.27. The Balaban J connectivity index is 0.00000264. The van der Waals surface area contributed by atoms with Gasteiger partial charge in [-0.3, -0.25) is 4.79 Å². The highest BCUT2D eigenvalue weighted by Gasteiger charge is 2.17. The number of rotatable bonds is 7. The molecule has 7 heteroatoms. The van der Waals surface area contributed by atoms with Crippen LogP contribution in [0.5, 0.6) is 0 Å². The summed E-state index contributed by atoms with van der Waals surface area (Å²) in [7, 11) is 0. The molecule has 2 fully saturated rings. The quantitative estimate of drug-likeness (QED) is 0.273. The van der Waals surface area contributed by atoms with Crippen molar-refractivity contribution in [3.8, 4) is 0 Å². The van der Waals surface area contributed by atoms with Crippen LogP contribution in [-0.2, 0) is 4.79 Å². The minimum atomic E-state index is 0. The van der Waals surface area contributed by atoms with Gasteiger partial charge in [-0.15, -0.1) is 24.0 Å². The molecule has 0 spiro atoms. The Hall–Kier alpha value is -0.570. The highest BCUT2D eigenvalue weighted by Crippen LogP contribution is 2.07. The van der Waals surface area contributed by atoms with Gasteiger partial charge in [0.2, 0.25) is 5.91 Å². The van der Waals surface area contributed by atoms with Gasteiger partial charge in [-0.1, -0.05) is 0 Å². The summed E-state index contributed by atoms with van der Waals surface area (Å²) in [5, 5.41) is 6.54. The van der Waals surface area contributed by atoms with Gasteiger partial charge in [0.25, 0.3) is 0 Å². The molecule has 0 aromatic heterocycles. The maximum absolute atomic E-state index is 12.0. The van der Waals surface area contributed by atoms with Crippen LogP contribution in [0.15, 0.2) is 4.99 Å². The van der Waals surface area contributed by atoms with Gasteiger partial charge in [-0.2, -0.15) is 0 Å². The summed E-state index contributed by atoms with van der Waals surface area (Å²) in [5.74, 6) is 0.906. The van der Waals surface area contributed by atoms with Crippen molar-refractivity contribution in [2.75, 3.05) is 52.4 Å². The Morgan fingerprint density at radius 2 is 1.70 bits per heavy atom. The van der Waals surface area contributed by atoms with Crippen molar-refractivity contribution in [3.05, 3.63) is 0 Å². The van der Waals surface area contributed by atoms with Crippen molar-refractivity contribution in [2.45, 2.75) is 39.0 Å². The first-order valence-corrected chi connectivity index (χ1v) is 8.82. The molecule has 2 rings (SSSR count). The van der Waals surface area contributed by atoms with Gasteiger partial charge in [0.1, 0.15) is 6.54 Å². The van der Waals surface area contributed by atoms with E-state index in [9.17, 15) is 4.79 Å². The molecule has 134 valence electrons. The minimum Gasteiger partial charge on any atom is -0.357 e. The van der Waals surface area contributed by atoms with Gasteiger partial charge in [-0.25, -0.2) is 4.99 Å².